The molecule has 0 aliphatic carbocycles. The van der Waals surface area contributed by atoms with Crippen LogP contribution in [0.5, 0.6) is 0 Å². The van der Waals surface area contributed by atoms with E-state index in [1.807, 2.05) is 4.90 Å². The minimum atomic E-state index is -0.885. The third kappa shape index (κ3) is 3.34. The predicted molar refractivity (Wildman–Crippen MR) is 85.7 cm³/mol. The van der Waals surface area contributed by atoms with Crippen molar-refractivity contribution in [2.45, 2.75) is 30.0 Å². The molecule has 3 heterocycles. The average Bonchev–Trinajstić information content (AvgIpc) is 2.97. The first-order valence-corrected chi connectivity index (χ1v) is 8.91. The summed E-state index contributed by atoms with van der Waals surface area (Å²) in [5.41, 5.74) is 5.69. The Bertz CT molecular complexity index is 477. The van der Waals surface area contributed by atoms with Gasteiger partial charge in [0.1, 0.15) is 10.9 Å². The molecule has 3 rings (SSSR count). The Morgan fingerprint density at radius 1 is 1.35 bits per heavy atom. The Balaban J connectivity index is 1.51. The maximum absolute atomic E-state index is 12.5. The summed E-state index contributed by atoms with van der Waals surface area (Å²) in [5.74, 6) is 0.583. The Morgan fingerprint density at radius 3 is 2.61 bits per heavy atom. The van der Waals surface area contributed by atoms with Crippen molar-refractivity contribution >= 4 is 23.6 Å². The number of aliphatic hydroxyl groups is 1. The molecule has 0 aromatic rings. The minimum absolute atomic E-state index is 0.114. The normalized spacial score (nSPS) is 29.3. The summed E-state index contributed by atoms with van der Waals surface area (Å²) in [6, 6.07) is -1.09. The molecular weight excluding hydrogens is 320 g/mol. The Hall–Kier alpha value is -0.870. The standard InChI is InChI=1S/C14H24N4O4S/c1-9(19)11(15)13(21)18-7-14(8-18)16-10(6-23-14)12(20)17-2-4-22-5-3-17/h9-11,16,19H,2-8,15H2,1H3/t9-,10+,11+/m1/s1. The van der Waals surface area contributed by atoms with Crippen molar-refractivity contribution in [1.29, 1.82) is 0 Å². The Labute approximate surface area is 139 Å². The van der Waals surface area contributed by atoms with Crippen molar-refractivity contribution in [3.63, 3.8) is 0 Å². The van der Waals surface area contributed by atoms with Gasteiger partial charge in [-0.3, -0.25) is 14.9 Å². The van der Waals surface area contributed by atoms with Crippen molar-refractivity contribution in [3.8, 4) is 0 Å². The molecule has 9 heteroatoms. The lowest BCUT2D eigenvalue weighted by Crippen LogP contribution is -2.70. The van der Waals surface area contributed by atoms with Gasteiger partial charge in [0.2, 0.25) is 11.8 Å². The Kier molecular flexibility index (Phi) is 4.84. The number of carbonyl (C=O) groups is 2. The highest BCUT2D eigenvalue weighted by atomic mass is 32.2. The van der Waals surface area contributed by atoms with E-state index < -0.39 is 12.1 Å². The van der Waals surface area contributed by atoms with Gasteiger partial charge in [0.25, 0.3) is 0 Å². The van der Waals surface area contributed by atoms with Crippen LogP contribution in [0.2, 0.25) is 0 Å². The highest BCUT2D eigenvalue weighted by Gasteiger charge is 2.52. The van der Waals surface area contributed by atoms with E-state index >= 15 is 0 Å². The maximum Gasteiger partial charge on any atom is 0.242 e. The second-order valence-electron chi connectivity index (χ2n) is 6.40. The number of amides is 2. The number of likely N-dealkylation sites (tertiary alicyclic amines) is 1. The van der Waals surface area contributed by atoms with Crippen molar-refractivity contribution < 1.29 is 19.4 Å². The second kappa shape index (κ2) is 6.56. The number of nitrogens with one attached hydrogen (secondary N) is 1. The van der Waals surface area contributed by atoms with Crippen LogP contribution in [-0.4, -0.2) is 94.9 Å². The molecule has 0 unspecified atom stereocenters. The molecule has 23 heavy (non-hydrogen) atoms. The number of rotatable bonds is 3. The molecule has 1 spiro atoms. The summed E-state index contributed by atoms with van der Waals surface area (Å²) in [5, 5.41) is 12.8. The van der Waals surface area contributed by atoms with E-state index in [2.05, 4.69) is 5.32 Å². The van der Waals surface area contributed by atoms with Crippen molar-refractivity contribution in [3.05, 3.63) is 0 Å². The fourth-order valence-corrected chi connectivity index (χ4v) is 4.54. The minimum Gasteiger partial charge on any atom is -0.391 e. The fraction of sp³-hybridized carbons (Fsp3) is 0.857. The number of nitrogens with two attached hydrogens (primary N) is 1. The summed E-state index contributed by atoms with van der Waals surface area (Å²) in [6.07, 6.45) is -0.862. The molecule has 0 aromatic carbocycles. The zero-order valence-corrected chi connectivity index (χ0v) is 14.1. The van der Waals surface area contributed by atoms with E-state index in [0.29, 0.717) is 45.1 Å². The van der Waals surface area contributed by atoms with Crippen LogP contribution in [0.4, 0.5) is 0 Å². The molecule has 0 aromatic heterocycles. The molecular formula is C14H24N4O4S. The maximum atomic E-state index is 12.5. The van der Waals surface area contributed by atoms with Crippen LogP contribution in [0.1, 0.15) is 6.92 Å². The quantitative estimate of drug-likeness (QED) is 0.533. The van der Waals surface area contributed by atoms with Gasteiger partial charge >= 0.3 is 0 Å². The number of aliphatic hydroxyl groups excluding tert-OH is 1. The van der Waals surface area contributed by atoms with Crippen molar-refractivity contribution in [2.75, 3.05) is 45.1 Å². The number of carbonyl (C=O) groups excluding carboxylic acids is 2. The van der Waals surface area contributed by atoms with Gasteiger partial charge in [-0.05, 0) is 6.92 Å². The molecule has 2 amide bonds. The molecule has 3 saturated heterocycles. The van der Waals surface area contributed by atoms with E-state index in [9.17, 15) is 14.7 Å². The van der Waals surface area contributed by atoms with Gasteiger partial charge in [0, 0.05) is 18.8 Å². The third-order valence-corrected chi connectivity index (χ3v) is 6.02. The molecule has 130 valence electrons. The molecule has 0 radical (unpaired) electrons. The van der Waals surface area contributed by atoms with Gasteiger partial charge in [-0.15, -0.1) is 11.8 Å². The summed E-state index contributed by atoms with van der Waals surface area (Å²) < 4.78 is 5.27. The topological polar surface area (TPSA) is 108 Å². The molecule has 3 atom stereocenters. The number of nitrogens with zero attached hydrogens (tertiary/aromatic N) is 2. The van der Waals surface area contributed by atoms with Gasteiger partial charge in [0.05, 0.1) is 38.4 Å². The first kappa shape index (κ1) is 17.0. The number of ether oxygens (including phenoxy) is 1. The average molecular weight is 344 g/mol. The number of morpholine rings is 1. The highest BCUT2D eigenvalue weighted by Crippen LogP contribution is 2.39. The van der Waals surface area contributed by atoms with Crippen LogP contribution >= 0.6 is 11.8 Å². The SMILES string of the molecule is C[C@@H](O)[C@H](N)C(=O)N1CC2(C1)N[C@H](C(=O)N1CCOCC1)CS2. The van der Waals surface area contributed by atoms with E-state index in [0.717, 1.165) is 0 Å². The van der Waals surface area contributed by atoms with E-state index in [-0.39, 0.29) is 22.7 Å². The predicted octanol–water partition coefficient (Wildman–Crippen LogP) is -2.20. The van der Waals surface area contributed by atoms with Crippen LogP contribution in [0, 0.1) is 0 Å². The van der Waals surface area contributed by atoms with Gasteiger partial charge in [-0.25, -0.2) is 0 Å². The molecule has 3 aliphatic heterocycles. The van der Waals surface area contributed by atoms with Gasteiger partial charge in [-0.2, -0.15) is 0 Å². The lowest BCUT2D eigenvalue weighted by molar-refractivity contribution is -0.141. The Morgan fingerprint density at radius 2 is 2.00 bits per heavy atom. The monoisotopic (exact) mass is 344 g/mol. The highest BCUT2D eigenvalue weighted by molar-refractivity contribution is 8.01. The van der Waals surface area contributed by atoms with Crippen LogP contribution in [-0.2, 0) is 14.3 Å². The molecule has 3 aliphatic rings. The second-order valence-corrected chi connectivity index (χ2v) is 7.80. The van der Waals surface area contributed by atoms with Crippen molar-refractivity contribution in [2.24, 2.45) is 5.73 Å². The van der Waals surface area contributed by atoms with E-state index in [1.165, 1.54) is 6.92 Å². The molecule has 4 N–H and O–H groups in total. The number of hydrogen-bond donors (Lipinski definition) is 3. The van der Waals surface area contributed by atoms with Crippen LogP contribution in [0.25, 0.3) is 0 Å². The molecule has 0 bridgehead atoms. The zero-order chi connectivity index (χ0) is 16.6. The third-order valence-electron chi connectivity index (χ3n) is 4.59. The van der Waals surface area contributed by atoms with E-state index in [1.54, 1.807) is 16.7 Å². The number of thioether (sulfide) groups is 1. The lowest BCUT2D eigenvalue weighted by Gasteiger charge is -2.48. The van der Waals surface area contributed by atoms with Crippen LogP contribution < -0.4 is 11.1 Å². The summed E-state index contributed by atoms with van der Waals surface area (Å²) in [7, 11) is 0. The molecule has 8 nitrogen and oxygen atoms in total. The lowest BCUT2D eigenvalue weighted by atomic mass is 10.0. The summed E-state index contributed by atoms with van der Waals surface area (Å²) in [6.45, 7) is 5.02. The first-order chi connectivity index (χ1) is 10.9. The fourth-order valence-electron chi connectivity index (χ4n) is 3.11. The number of hydrogen-bond acceptors (Lipinski definition) is 7. The summed E-state index contributed by atoms with van der Waals surface area (Å²) in [4.78, 5) is 27.8. The smallest absolute Gasteiger partial charge is 0.242 e. The summed E-state index contributed by atoms with van der Waals surface area (Å²) >= 11 is 1.69. The molecule has 3 fully saturated rings. The molecule has 0 saturated carbocycles. The van der Waals surface area contributed by atoms with E-state index in [4.69, 9.17) is 10.5 Å². The van der Waals surface area contributed by atoms with Crippen LogP contribution in [0.3, 0.4) is 0 Å². The van der Waals surface area contributed by atoms with Gasteiger partial charge in [-0.1, -0.05) is 0 Å². The van der Waals surface area contributed by atoms with Crippen LogP contribution in [0.15, 0.2) is 0 Å². The van der Waals surface area contributed by atoms with Crippen molar-refractivity contribution in [1.82, 2.24) is 15.1 Å². The first-order valence-electron chi connectivity index (χ1n) is 7.92. The zero-order valence-electron chi connectivity index (χ0n) is 13.2. The van der Waals surface area contributed by atoms with Gasteiger partial charge in [0.15, 0.2) is 0 Å². The largest absolute Gasteiger partial charge is 0.391 e. The van der Waals surface area contributed by atoms with Gasteiger partial charge < -0.3 is 25.4 Å².